The average molecular weight is 352 g/mol. The zero-order chi connectivity index (χ0) is 18.4. The van der Waals surface area contributed by atoms with Crippen LogP contribution in [0.25, 0.3) is 5.69 Å². The second kappa shape index (κ2) is 8.19. The Labute approximate surface area is 151 Å². The van der Waals surface area contributed by atoms with Crippen LogP contribution in [0.4, 0.5) is 0 Å². The number of carbonyl (C=O) groups is 1. The SMILES string of the molecule is CCc1nc(C)ccc1OCC(=O)NCc1nnnn1-c1ccccc1. The van der Waals surface area contributed by atoms with Gasteiger partial charge in [-0.25, -0.2) is 0 Å². The van der Waals surface area contributed by atoms with Gasteiger partial charge in [-0.3, -0.25) is 9.78 Å². The molecule has 2 aromatic heterocycles. The van der Waals surface area contributed by atoms with Gasteiger partial charge in [-0.2, -0.15) is 4.68 Å². The van der Waals surface area contributed by atoms with E-state index in [-0.39, 0.29) is 19.1 Å². The van der Waals surface area contributed by atoms with E-state index in [2.05, 4.69) is 25.8 Å². The summed E-state index contributed by atoms with van der Waals surface area (Å²) in [7, 11) is 0. The molecule has 3 aromatic rings. The lowest BCUT2D eigenvalue weighted by Gasteiger charge is -2.10. The topological polar surface area (TPSA) is 94.8 Å². The van der Waals surface area contributed by atoms with Crippen LogP contribution in [0, 0.1) is 6.92 Å². The number of nitrogens with zero attached hydrogens (tertiary/aromatic N) is 5. The number of nitrogens with one attached hydrogen (secondary N) is 1. The average Bonchev–Trinajstić information content (AvgIpc) is 3.14. The summed E-state index contributed by atoms with van der Waals surface area (Å²) in [5.74, 6) is 0.911. The Balaban J connectivity index is 1.57. The van der Waals surface area contributed by atoms with Crippen LogP contribution in [0.1, 0.15) is 24.1 Å². The molecule has 0 aliphatic carbocycles. The Morgan fingerprint density at radius 2 is 2.00 bits per heavy atom. The molecule has 1 amide bonds. The minimum atomic E-state index is -0.254. The molecular formula is C18H20N6O2. The fourth-order valence-electron chi connectivity index (χ4n) is 2.44. The summed E-state index contributed by atoms with van der Waals surface area (Å²) in [6, 6.07) is 13.2. The predicted octanol–water partition coefficient (Wildman–Crippen LogP) is 1.62. The monoisotopic (exact) mass is 352 g/mol. The number of rotatable bonds is 7. The van der Waals surface area contributed by atoms with Gasteiger partial charge in [0, 0.05) is 5.69 Å². The lowest BCUT2D eigenvalue weighted by atomic mass is 10.2. The molecule has 0 atom stereocenters. The highest BCUT2D eigenvalue weighted by Crippen LogP contribution is 2.17. The Morgan fingerprint density at radius 3 is 2.77 bits per heavy atom. The summed E-state index contributed by atoms with van der Waals surface area (Å²) in [6.45, 7) is 4.03. The van der Waals surface area contributed by atoms with Gasteiger partial charge in [0.25, 0.3) is 5.91 Å². The van der Waals surface area contributed by atoms with Crippen molar-refractivity contribution in [2.75, 3.05) is 6.61 Å². The molecule has 2 heterocycles. The van der Waals surface area contributed by atoms with Crippen LogP contribution < -0.4 is 10.1 Å². The van der Waals surface area contributed by atoms with E-state index in [4.69, 9.17) is 4.74 Å². The van der Waals surface area contributed by atoms with Crippen LogP contribution in [-0.2, 0) is 17.8 Å². The highest BCUT2D eigenvalue weighted by atomic mass is 16.5. The maximum Gasteiger partial charge on any atom is 0.258 e. The van der Waals surface area contributed by atoms with Crippen LogP contribution in [0.15, 0.2) is 42.5 Å². The Hall–Kier alpha value is -3.29. The molecule has 134 valence electrons. The molecule has 26 heavy (non-hydrogen) atoms. The largest absolute Gasteiger partial charge is 0.482 e. The predicted molar refractivity (Wildman–Crippen MR) is 94.8 cm³/mol. The zero-order valence-electron chi connectivity index (χ0n) is 14.7. The molecule has 1 N–H and O–H groups in total. The van der Waals surface area contributed by atoms with E-state index in [0.717, 1.165) is 23.5 Å². The second-order valence-electron chi connectivity index (χ2n) is 5.66. The molecule has 0 aliphatic heterocycles. The van der Waals surface area contributed by atoms with Gasteiger partial charge in [-0.15, -0.1) is 5.10 Å². The zero-order valence-corrected chi connectivity index (χ0v) is 14.7. The first-order valence-electron chi connectivity index (χ1n) is 8.36. The third-order valence-corrected chi connectivity index (χ3v) is 3.74. The Kier molecular flexibility index (Phi) is 5.52. The maximum atomic E-state index is 12.1. The standard InChI is InChI=1S/C18H20N6O2/c1-3-15-16(10-9-13(2)20-15)26-12-18(25)19-11-17-21-22-23-24(17)14-7-5-4-6-8-14/h4-10H,3,11-12H2,1-2H3,(H,19,25). The van der Waals surface area contributed by atoms with Crippen molar-refractivity contribution >= 4 is 5.91 Å². The van der Waals surface area contributed by atoms with Gasteiger partial charge in [-0.05, 0) is 48.0 Å². The number of hydrogen-bond donors (Lipinski definition) is 1. The summed E-state index contributed by atoms with van der Waals surface area (Å²) in [5, 5.41) is 14.3. The van der Waals surface area contributed by atoms with Crippen LogP contribution in [-0.4, -0.2) is 37.7 Å². The third-order valence-electron chi connectivity index (χ3n) is 3.74. The number of tetrazole rings is 1. The van der Waals surface area contributed by atoms with E-state index in [1.54, 1.807) is 4.68 Å². The van der Waals surface area contributed by atoms with E-state index in [9.17, 15) is 4.79 Å². The molecule has 0 spiro atoms. The number of hydrogen-bond acceptors (Lipinski definition) is 6. The van der Waals surface area contributed by atoms with Crippen molar-refractivity contribution in [3.05, 3.63) is 59.7 Å². The molecule has 1 aromatic carbocycles. The highest BCUT2D eigenvalue weighted by Gasteiger charge is 2.11. The number of aromatic nitrogens is 5. The van der Waals surface area contributed by atoms with Crippen molar-refractivity contribution in [3.63, 3.8) is 0 Å². The smallest absolute Gasteiger partial charge is 0.258 e. The Morgan fingerprint density at radius 1 is 1.19 bits per heavy atom. The van der Waals surface area contributed by atoms with Gasteiger partial charge in [-0.1, -0.05) is 25.1 Å². The first-order valence-corrected chi connectivity index (χ1v) is 8.36. The van der Waals surface area contributed by atoms with Gasteiger partial charge in [0.15, 0.2) is 12.4 Å². The molecule has 0 fully saturated rings. The second-order valence-corrected chi connectivity index (χ2v) is 5.66. The fourth-order valence-corrected chi connectivity index (χ4v) is 2.44. The van der Waals surface area contributed by atoms with Gasteiger partial charge >= 0.3 is 0 Å². The highest BCUT2D eigenvalue weighted by molar-refractivity contribution is 5.77. The Bertz CT molecular complexity index is 878. The van der Waals surface area contributed by atoms with Crippen molar-refractivity contribution in [2.24, 2.45) is 0 Å². The van der Waals surface area contributed by atoms with Crippen molar-refractivity contribution in [1.82, 2.24) is 30.5 Å². The van der Waals surface area contributed by atoms with Crippen molar-refractivity contribution < 1.29 is 9.53 Å². The van der Waals surface area contributed by atoms with Crippen molar-refractivity contribution in [2.45, 2.75) is 26.8 Å². The van der Waals surface area contributed by atoms with Gasteiger partial charge in [0.05, 0.1) is 17.9 Å². The third kappa shape index (κ3) is 4.21. The van der Waals surface area contributed by atoms with Crippen LogP contribution in [0.5, 0.6) is 5.75 Å². The van der Waals surface area contributed by atoms with E-state index >= 15 is 0 Å². The number of aryl methyl sites for hydroxylation is 2. The molecule has 0 aliphatic rings. The minimum Gasteiger partial charge on any atom is -0.482 e. The fraction of sp³-hybridized carbons (Fsp3) is 0.278. The first kappa shape index (κ1) is 17.5. The van der Waals surface area contributed by atoms with E-state index < -0.39 is 0 Å². The molecule has 8 heteroatoms. The lowest BCUT2D eigenvalue weighted by Crippen LogP contribution is -2.29. The number of benzene rings is 1. The summed E-state index contributed by atoms with van der Waals surface area (Å²) >= 11 is 0. The van der Waals surface area contributed by atoms with E-state index in [1.165, 1.54) is 0 Å². The minimum absolute atomic E-state index is 0.0926. The van der Waals surface area contributed by atoms with Crippen molar-refractivity contribution in [1.29, 1.82) is 0 Å². The summed E-state index contributed by atoms with van der Waals surface area (Å²) in [6.07, 6.45) is 0.741. The van der Waals surface area contributed by atoms with Gasteiger partial charge in [0.2, 0.25) is 0 Å². The van der Waals surface area contributed by atoms with Gasteiger partial charge in [0.1, 0.15) is 5.75 Å². The molecule has 8 nitrogen and oxygen atoms in total. The van der Waals surface area contributed by atoms with E-state index in [0.29, 0.717) is 11.6 Å². The molecule has 0 saturated heterocycles. The van der Waals surface area contributed by atoms with Crippen molar-refractivity contribution in [3.8, 4) is 11.4 Å². The molecule has 0 bridgehead atoms. The van der Waals surface area contributed by atoms with Crippen LogP contribution >= 0.6 is 0 Å². The van der Waals surface area contributed by atoms with Crippen LogP contribution in [0.2, 0.25) is 0 Å². The normalized spacial score (nSPS) is 10.5. The molecule has 0 radical (unpaired) electrons. The molecule has 0 saturated carbocycles. The summed E-state index contributed by atoms with van der Waals surface area (Å²) in [5.41, 5.74) is 2.59. The number of pyridine rings is 1. The van der Waals surface area contributed by atoms with Gasteiger partial charge < -0.3 is 10.1 Å². The molecule has 3 rings (SSSR count). The quantitative estimate of drug-likeness (QED) is 0.694. The number of amides is 1. The first-order chi connectivity index (χ1) is 12.7. The number of ether oxygens (including phenoxy) is 1. The molecular weight excluding hydrogens is 332 g/mol. The maximum absolute atomic E-state index is 12.1. The number of carbonyl (C=O) groups excluding carboxylic acids is 1. The summed E-state index contributed by atoms with van der Waals surface area (Å²) < 4.78 is 7.18. The van der Waals surface area contributed by atoms with Crippen LogP contribution in [0.3, 0.4) is 0 Å². The molecule has 0 unspecified atom stereocenters. The lowest BCUT2D eigenvalue weighted by molar-refractivity contribution is -0.123. The number of para-hydroxylation sites is 1. The summed E-state index contributed by atoms with van der Waals surface area (Å²) in [4.78, 5) is 16.5. The van der Waals surface area contributed by atoms with E-state index in [1.807, 2.05) is 56.3 Å².